The molecule has 4 rings (SSSR count). The molecule has 0 saturated heterocycles. The molecule has 0 unspecified atom stereocenters. The fourth-order valence-corrected chi connectivity index (χ4v) is 4.47. The van der Waals surface area contributed by atoms with Gasteiger partial charge in [-0.1, -0.05) is 31.7 Å². The molecule has 0 fully saturated rings. The molecule has 0 aliphatic carbocycles. The number of nitrogens with zero attached hydrogens (tertiary/aromatic N) is 4. The molecule has 1 aromatic carbocycles. The van der Waals surface area contributed by atoms with Crippen molar-refractivity contribution in [1.82, 2.24) is 19.7 Å². The lowest BCUT2D eigenvalue weighted by Gasteiger charge is -2.18. The predicted molar refractivity (Wildman–Crippen MR) is 114 cm³/mol. The second-order valence-corrected chi connectivity index (χ2v) is 7.16. The van der Waals surface area contributed by atoms with Crippen molar-refractivity contribution in [3.8, 4) is 11.3 Å². The number of halogens is 2. The van der Waals surface area contributed by atoms with Gasteiger partial charge in [0.15, 0.2) is 0 Å². The Kier molecular flexibility index (Phi) is 6.97. The van der Waals surface area contributed by atoms with E-state index in [4.69, 9.17) is 5.10 Å². The Balaban J connectivity index is 0.00000121. The van der Waals surface area contributed by atoms with E-state index >= 15 is 0 Å². The number of rotatable bonds is 5. The molecule has 0 spiro atoms. The fourth-order valence-electron chi connectivity index (χ4n) is 3.36. The Hall–Kier alpha value is -1.27. The van der Waals surface area contributed by atoms with Crippen LogP contribution in [0.4, 0.5) is 0 Å². The van der Waals surface area contributed by atoms with Gasteiger partial charge in [0.1, 0.15) is 10.7 Å². The van der Waals surface area contributed by atoms with Crippen LogP contribution in [0.5, 0.6) is 0 Å². The maximum atomic E-state index is 4.98. The summed E-state index contributed by atoms with van der Waals surface area (Å²) in [6.45, 7) is 10.7. The van der Waals surface area contributed by atoms with E-state index in [9.17, 15) is 0 Å². The lowest BCUT2D eigenvalue weighted by Crippen LogP contribution is -2.27. The van der Waals surface area contributed by atoms with Crippen LogP contribution in [0.2, 0.25) is 0 Å². The first-order chi connectivity index (χ1) is 11.7. The summed E-state index contributed by atoms with van der Waals surface area (Å²) in [6.07, 6.45) is 1.86. The zero-order chi connectivity index (χ0) is 16.7. The van der Waals surface area contributed by atoms with Crippen LogP contribution in [-0.4, -0.2) is 39.3 Å². The van der Waals surface area contributed by atoms with Gasteiger partial charge in [-0.25, -0.2) is 4.98 Å². The summed E-state index contributed by atoms with van der Waals surface area (Å²) in [7, 11) is 0. The van der Waals surface area contributed by atoms with Crippen LogP contribution < -0.4 is 0 Å². The SMILES string of the molecule is CCN(CC)CCn1nc2c3c(c(C)ccc31)Sc1ncccc1-2.Cl.Cl. The molecular weight excluding hydrogens is 387 g/mol. The van der Waals surface area contributed by atoms with Crippen LogP contribution in [0.1, 0.15) is 19.4 Å². The first-order valence-corrected chi connectivity index (χ1v) is 9.40. The van der Waals surface area contributed by atoms with E-state index in [0.29, 0.717) is 0 Å². The Labute approximate surface area is 171 Å². The van der Waals surface area contributed by atoms with E-state index in [0.717, 1.165) is 42.5 Å². The number of hydrogen-bond donors (Lipinski definition) is 0. The second kappa shape index (κ2) is 8.61. The van der Waals surface area contributed by atoms with E-state index in [2.05, 4.69) is 53.5 Å². The Morgan fingerprint density at radius 1 is 1.12 bits per heavy atom. The smallest absolute Gasteiger partial charge is 0.110 e. The molecule has 7 heteroatoms. The van der Waals surface area contributed by atoms with Crippen molar-refractivity contribution >= 4 is 47.5 Å². The molecule has 0 atom stereocenters. The van der Waals surface area contributed by atoms with E-state index in [-0.39, 0.29) is 24.8 Å². The van der Waals surface area contributed by atoms with Crippen LogP contribution in [0.15, 0.2) is 40.4 Å². The zero-order valence-electron chi connectivity index (χ0n) is 15.2. The quantitative estimate of drug-likeness (QED) is 0.460. The molecule has 140 valence electrons. The van der Waals surface area contributed by atoms with E-state index in [1.165, 1.54) is 21.4 Å². The van der Waals surface area contributed by atoms with Gasteiger partial charge in [0, 0.05) is 28.6 Å². The van der Waals surface area contributed by atoms with Crippen LogP contribution in [0.3, 0.4) is 0 Å². The number of aromatic nitrogens is 3. The Bertz CT molecular complexity index is 906. The van der Waals surface area contributed by atoms with Crippen molar-refractivity contribution in [2.45, 2.75) is 37.2 Å². The Morgan fingerprint density at radius 2 is 1.88 bits per heavy atom. The molecule has 2 aromatic heterocycles. The van der Waals surface area contributed by atoms with Gasteiger partial charge in [-0.3, -0.25) is 4.68 Å². The van der Waals surface area contributed by atoms with Crippen molar-refractivity contribution in [1.29, 1.82) is 0 Å². The first-order valence-electron chi connectivity index (χ1n) is 8.58. The average molecular weight is 411 g/mol. The highest BCUT2D eigenvalue weighted by Crippen LogP contribution is 2.47. The monoisotopic (exact) mass is 410 g/mol. The van der Waals surface area contributed by atoms with Gasteiger partial charge in [-0.2, -0.15) is 5.10 Å². The molecule has 0 radical (unpaired) electrons. The molecule has 3 aromatic rings. The van der Waals surface area contributed by atoms with Crippen molar-refractivity contribution in [3.63, 3.8) is 0 Å². The van der Waals surface area contributed by atoms with Gasteiger partial charge in [-0.15, -0.1) is 24.8 Å². The van der Waals surface area contributed by atoms with Crippen LogP contribution in [0, 0.1) is 6.92 Å². The van der Waals surface area contributed by atoms with E-state index < -0.39 is 0 Å². The van der Waals surface area contributed by atoms with Gasteiger partial charge < -0.3 is 4.90 Å². The fraction of sp³-hybridized carbons (Fsp3) is 0.368. The molecule has 0 saturated carbocycles. The molecule has 4 nitrogen and oxygen atoms in total. The molecule has 1 aliphatic heterocycles. The molecule has 0 amide bonds. The summed E-state index contributed by atoms with van der Waals surface area (Å²) >= 11 is 1.77. The Morgan fingerprint density at radius 3 is 2.62 bits per heavy atom. The highest BCUT2D eigenvalue weighted by atomic mass is 35.5. The third kappa shape index (κ3) is 3.46. The molecule has 1 aliphatic rings. The maximum absolute atomic E-state index is 4.98. The normalized spacial score (nSPS) is 11.8. The highest BCUT2D eigenvalue weighted by Gasteiger charge is 2.25. The summed E-state index contributed by atoms with van der Waals surface area (Å²) in [6, 6.07) is 8.56. The van der Waals surface area contributed by atoms with Gasteiger partial charge in [0.05, 0.1) is 12.1 Å². The minimum absolute atomic E-state index is 0. The molecule has 3 heterocycles. The summed E-state index contributed by atoms with van der Waals surface area (Å²) < 4.78 is 2.18. The highest BCUT2D eigenvalue weighted by molar-refractivity contribution is 7.99. The van der Waals surface area contributed by atoms with Crippen molar-refractivity contribution in [3.05, 3.63) is 36.0 Å². The molecule has 0 bridgehead atoms. The van der Waals surface area contributed by atoms with Crippen LogP contribution >= 0.6 is 36.6 Å². The number of fused-ring (bicyclic) bond motifs is 2. The number of aryl methyl sites for hydroxylation is 1. The number of likely N-dealkylation sites (N-methyl/N-ethyl adjacent to an activating group) is 1. The summed E-state index contributed by atoms with van der Waals surface area (Å²) in [4.78, 5) is 8.31. The summed E-state index contributed by atoms with van der Waals surface area (Å²) in [5, 5.41) is 7.34. The minimum atomic E-state index is 0. The third-order valence-corrected chi connectivity index (χ3v) is 6.06. The lowest BCUT2D eigenvalue weighted by atomic mass is 10.1. The minimum Gasteiger partial charge on any atom is -0.302 e. The number of pyridine rings is 1. The summed E-state index contributed by atoms with van der Waals surface area (Å²) in [5.74, 6) is 0. The van der Waals surface area contributed by atoms with Crippen LogP contribution in [-0.2, 0) is 6.54 Å². The van der Waals surface area contributed by atoms with E-state index in [1.807, 2.05) is 12.3 Å². The number of benzene rings is 1. The van der Waals surface area contributed by atoms with E-state index in [1.54, 1.807) is 11.8 Å². The van der Waals surface area contributed by atoms with Gasteiger partial charge in [-0.05, 0) is 43.8 Å². The van der Waals surface area contributed by atoms with Crippen LogP contribution in [0.25, 0.3) is 22.2 Å². The zero-order valence-corrected chi connectivity index (χ0v) is 17.7. The summed E-state index contributed by atoms with van der Waals surface area (Å²) in [5.41, 5.74) is 4.78. The number of hydrogen-bond acceptors (Lipinski definition) is 4. The molecular formula is C19H24Cl2N4S. The molecule has 0 N–H and O–H groups in total. The first kappa shape index (κ1) is 21.0. The van der Waals surface area contributed by atoms with Crippen molar-refractivity contribution in [2.24, 2.45) is 0 Å². The van der Waals surface area contributed by atoms with Crippen molar-refractivity contribution in [2.75, 3.05) is 19.6 Å². The molecule has 26 heavy (non-hydrogen) atoms. The predicted octanol–water partition coefficient (Wildman–Crippen LogP) is 5.06. The standard InChI is InChI=1S/C19H22N4S.2ClH/c1-4-22(5-2)11-12-23-15-9-8-13(3)18-16(15)17(21-23)14-7-6-10-20-19(14)24-18;;/h6-10H,4-5,11-12H2,1-3H3;2*1H. The lowest BCUT2D eigenvalue weighted by molar-refractivity contribution is 0.287. The maximum Gasteiger partial charge on any atom is 0.110 e. The van der Waals surface area contributed by atoms with Gasteiger partial charge >= 0.3 is 0 Å². The largest absolute Gasteiger partial charge is 0.302 e. The average Bonchev–Trinajstić information content (AvgIpc) is 2.99. The van der Waals surface area contributed by atoms with Gasteiger partial charge in [0.25, 0.3) is 0 Å². The second-order valence-electron chi connectivity index (χ2n) is 6.16. The van der Waals surface area contributed by atoms with Crippen molar-refractivity contribution < 1.29 is 0 Å². The third-order valence-electron chi connectivity index (χ3n) is 4.82. The topological polar surface area (TPSA) is 34.0 Å². The van der Waals surface area contributed by atoms with Gasteiger partial charge in [0.2, 0.25) is 0 Å².